The molecule has 0 unspecified atom stereocenters. The topological polar surface area (TPSA) is 75.6 Å². The first-order valence-corrected chi connectivity index (χ1v) is 8.86. The van der Waals surface area contributed by atoms with Crippen LogP contribution in [0.2, 0.25) is 5.02 Å². The maximum absolute atomic E-state index is 11.9. The molecule has 1 aromatic rings. The zero-order chi connectivity index (χ0) is 14.8. The number of sulfone groups is 1. The lowest BCUT2D eigenvalue weighted by atomic mass is 10.2. The zero-order valence-corrected chi connectivity index (χ0v) is 13.1. The third-order valence-electron chi connectivity index (χ3n) is 2.62. The number of anilines is 1. The summed E-state index contributed by atoms with van der Waals surface area (Å²) < 4.78 is 23.9. The van der Waals surface area contributed by atoms with Gasteiger partial charge in [0.25, 0.3) is 0 Å². The molecule has 1 aliphatic heterocycles. The largest absolute Gasteiger partial charge is 0.325 e. The minimum atomic E-state index is -3.63. The summed E-state index contributed by atoms with van der Waals surface area (Å²) in [5.41, 5.74) is 1.33. The van der Waals surface area contributed by atoms with Gasteiger partial charge in [-0.2, -0.15) is 0 Å². The number of carbonyl (C=O) groups excluding carboxylic acids is 1. The number of benzene rings is 1. The summed E-state index contributed by atoms with van der Waals surface area (Å²) >= 11 is 7.01. The van der Waals surface area contributed by atoms with Crippen molar-refractivity contribution < 1.29 is 13.2 Å². The third-order valence-corrected chi connectivity index (χ3v) is 6.04. The second-order valence-corrected chi connectivity index (χ2v) is 7.95. The van der Waals surface area contributed by atoms with Crippen molar-refractivity contribution >= 4 is 49.2 Å². The van der Waals surface area contributed by atoms with Gasteiger partial charge in [-0.1, -0.05) is 29.4 Å². The van der Waals surface area contributed by atoms with Crippen molar-refractivity contribution in [3.05, 3.63) is 28.8 Å². The highest BCUT2D eigenvalue weighted by atomic mass is 35.5. The molecule has 1 N–H and O–H groups in total. The van der Waals surface area contributed by atoms with Crippen LogP contribution in [-0.2, 0) is 14.6 Å². The maximum Gasteiger partial charge on any atom is 0.240 e. The minimum Gasteiger partial charge on any atom is -0.325 e. The lowest BCUT2D eigenvalue weighted by Crippen LogP contribution is -2.26. The number of amides is 1. The number of aryl methyl sites for hydroxylation is 1. The average Bonchev–Trinajstić information content (AvgIpc) is 2.87. The van der Waals surface area contributed by atoms with Crippen molar-refractivity contribution in [2.45, 2.75) is 6.92 Å². The third kappa shape index (κ3) is 3.74. The van der Waals surface area contributed by atoms with E-state index in [1.165, 1.54) is 0 Å². The molecular formula is C12H13ClN2O3S2. The normalized spacial score (nSPS) is 15.0. The fourth-order valence-corrected chi connectivity index (χ4v) is 4.34. The highest BCUT2D eigenvalue weighted by Gasteiger charge is 2.26. The molecule has 0 bridgehead atoms. The van der Waals surface area contributed by atoms with Crippen molar-refractivity contribution in [1.82, 2.24) is 0 Å². The van der Waals surface area contributed by atoms with E-state index in [1.807, 2.05) is 0 Å². The lowest BCUT2D eigenvalue weighted by Gasteiger charge is -2.09. The SMILES string of the molecule is Cc1ccc(Cl)cc1NC(=O)CS(=O)(=O)C1=NCCS1. The van der Waals surface area contributed by atoms with E-state index in [9.17, 15) is 13.2 Å². The smallest absolute Gasteiger partial charge is 0.240 e. The van der Waals surface area contributed by atoms with Crippen LogP contribution in [0.5, 0.6) is 0 Å². The Morgan fingerprint density at radius 3 is 2.90 bits per heavy atom. The van der Waals surface area contributed by atoms with E-state index in [4.69, 9.17) is 11.6 Å². The van der Waals surface area contributed by atoms with Crippen LogP contribution >= 0.6 is 23.4 Å². The fourth-order valence-electron chi connectivity index (χ4n) is 1.65. The van der Waals surface area contributed by atoms with E-state index in [0.717, 1.165) is 17.3 Å². The molecule has 0 saturated heterocycles. The summed E-state index contributed by atoms with van der Waals surface area (Å²) in [4.78, 5) is 15.7. The first kappa shape index (κ1) is 15.3. The van der Waals surface area contributed by atoms with Gasteiger partial charge < -0.3 is 5.32 Å². The number of aliphatic imine (C=N–C) groups is 1. The van der Waals surface area contributed by atoms with Crippen molar-refractivity contribution in [1.29, 1.82) is 0 Å². The number of carbonyl (C=O) groups is 1. The molecule has 5 nitrogen and oxygen atoms in total. The van der Waals surface area contributed by atoms with Gasteiger partial charge in [0.05, 0.1) is 6.54 Å². The second-order valence-electron chi connectivity index (χ2n) is 4.26. The van der Waals surface area contributed by atoms with E-state index in [0.29, 0.717) is 23.0 Å². The van der Waals surface area contributed by atoms with Gasteiger partial charge in [-0.15, -0.1) is 0 Å². The van der Waals surface area contributed by atoms with Gasteiger partial charge in [-0.25, -0.2) is 8.42 Å². The predicted octanol–water partition coefficient (Wildman–Crippen LogP) is 2.10. The quantitative estimate of drug-likeness (QED) is 0.919. The molecule has 108 valence electrons. The van der Waals surface area contributed by atoms with Crippen molar-refractivity contribution in [3.8, 4) is 0 Å². The van der Waals surface area contributed by atoms with Crippen LogP contribution in [0.1, 0.15) is 5.56 Å². The van der Waals surface area contributed by atoms with Crippen LogP contribution in [0.3, 0.4) is 0 Å². The Labute approximate surface area is 126 Å². The molecular weight excluding hydrogens is 320 g/mol. The molecule has 0 radical (unpaired) electrons. The van der Waals surface area contributed by atoms with Gasteiger partial charge in [-0.3, -0.25) is 9.79 Å². The monoisotopic (exact) mass is 332 g/mol. The van der Waals surface area contributed by atoms with Gasteiger partial charge in [0.2, 0.25) is 15.7 Å². The van der Waals surface area contributed by atoms with E-state index < -0.39 is 21.5 Å². The highest BCUT2D eigenvalue weighted by molar-refractivity contribution is 8.35. The summed E-state index contributed by atoms with van der Waals surface area (Å²) in [5.74, 6) is -0.556. The maximum atomic E-state index is 11.9. The Bertz CT molecular complexity index is 671. The van der Waals surface area contributed by atoms with Crippen LogP contribution in [0.15, 0.2) is 23.2 Å². The zero-order valence-electron chi connectivity index (χ0n) is 10.7. The van der Waals surface area contributed by atoms with E-state index >= 15 is 0 Å². The van der Waals surface area contributed by atoms with Gasteiger partial charge in [0.1, 0.15) is 5.75 Å². The molecule has 1 aromatic carbocycles. The standard InChI is InChI=1S/C12H13ClN2O3S2/c1-8-2-3-9(13)6-10(8)15-11(16)7-20(17,18)12-14-4-5-19-12/h2-3,6H,4-5,7H2,1H3,(H,15,16). The Morgan fingerprint density at radius 1 is 1.50 bits per heavy atom. The minimum absolute atomic E-state index is 0.0514. The summed E-state index contributed by atoms with van der Waals surface area (Å²) in [7, 11) is -3.63. The molecule has 1 heterocycles. The number of halogens is 1. The van der Waals surface area contributed by atoms with E-state index in [1.54, 1.807) is 25.1 Å². The number of nitrogens with one attached hydrogen (secondary N) is 1. The average molecular weight is 333 g/mol. The lowest BCUT2D eigenvalue weighted by molar-refractivity contribution is -0.113. The molecule has 0 atom stereocenters. The van der Waals surface area contributed by atoms with Crippen LogP contribution in [0, 0.1) is 6.92 Å². The fraction of sp³-hybridized carbons (Fsp3) is 0.333. The first-order chi connectivity index (χ1) is 9.38. The predicted molar refractivity (Wildman–Crippen MR) is 83.4 cm³/mol. The Morgan fingerprint density at radius 2 is 2.25 bits per heavy atom. The molecule has 20 heavy (non-hydrogen) atoms. The Kier molecular flexibility index (Phi) is 4.72. The van der Waals surface area contributed by atoms with E-state index in [-0.39, 0.29) is 4.38 Å². The van der Waals surface area contributed by atoms with Crippen molar-refractivity contribution in [2.24, 2.45) is 4.99 Å². The van der Waals surface area contributed by atoms with Crippen molar-refractivity contribution in [3.63, 3.8) is 0 Å². The molecule has 2 rings (SSSR count). The van der Waals surface area contributed by atoms with Crippen LogP contribution < -0.4 is 5.32 Å². The number of rotatable bonds is 3. The number of hydrogen-bond donors (Lipinski definition) is 1. The molecule has 1 amide bonds. The van der Waals surface area contributed by atoms with Crippen LogP contribution in [0.25, 0.3) is 0 Å². The van der Waals surface area contributed by atoms with E-state index in [2.05, 4.69) is 10.3 Å². The van der Waals surface area contributed by atoms with Crippen LogP contribution in [0.4, 0.5) is 5.69 Å². The van der Waals surface area contributed by atoms with Gasteiger partial charge >= 0.3 is 0 Å². The summed E-state index contributed by atoms with van der Waals surface area (Å²) in [5, 5.41) is 3.04. The number of nitrogens with zero attached hydrogens (tertiary/aromatic N) is 1. The molecule has 0 fully saturated rings. The molecule has 0 aromatic heterocycles. The first-order valence-electron chi connectivity index (χ1n) is 5.84. The van der Waals surface area contributed by atoms with Crippen LogP contribution in [-0.4, -0.2) is 36.8 Å². The second kappa shape index (κ2) is 6.15. The Balaban J connectivity index is 2.07. The van der Waals surface area contributed by atoms with Crippen molar-refractivity contribution in [2.75, 3.05) is 23.4 Å². The summed E-state index contributed by atoms with van der Waals surface area (Å²) in [6, 6.07) is 5.04. The molecule has 8 heteroatoms. The Hall–Kier alpha value is -1.05. The van der Waals surface area contributed by atoms with Gasteiger partial charge in [0, 0.05) is 16.5 Å². The number of thioether (sulfide) groups is 1. The molecule has 0 aliphatic carbocycles. The number of hydrogen-bond acceptors (Lipinski definition) is 5. The highest BCUT2D eigenvalue weighted by Crippen LogP contribution is 2.21. The summed E-state index contributed by atoms with van der Waals surface area (Å²) in [6.07, 6.45) is 0. The van der Waals surface area contributed by atoms with Gasteiger partial charge in [-0.05, 0) is 24.6 Å². The van der Waals surface area contributed by atoms with Gasteiger partial charge in [0.15, 0.2) is 4.38 Å². The molecule has 0 saturated carbocycles. The molecule has 0 spiro atoms. The summed E-state index contributed by atoms with van der Waals surface area (Å²) in [6.45, 7) is 2.28. The molecule has 1 aliphatic rings.